The molecule has 0 saturated carbocycles. The van der Waals surface area contributed by atoms with Crippen LogP contribution in [0.15, 0.2) is 48.5 Å². The lowest BCUT2D eigenvalue weighted by molar-refractivity contribution is -0.147. The smallest absolute Gasteiger partial charge is 0.344 e. The third-order valence-electron chi connectivity index (χ3n) is 3.68. The van der Waals surface area contributed by atoms with E-state index in [4.69, 9.17) is 9.47 Å². The van der Waals surface area contributed by atoms with Crippen LogP contribution in [0.25, 0.3) is 0 Å². The summed E-state index contributed by atoms with van der Waals surface area (Å²) in [5.74, 6) is 0.221. The van der Waals surface area contributed by atoms with Crippen molar-refractivity contribution < 1.29 is 23.8 Å². The van der Waals surface area contributed by atoms with E-state index in [0.717, 1.165) is 5.56 Å². The molecule has 0 saturated heterocycles. The number of carbonyl (C=O) groups excluding carboxylic acids is 2. The van der Waals surface area contributed by atoms with Crippen LogP contribution < -0.4 is 4.74 Å². The molecule has 0 aliphatic heterocycles. The van der Waals surface area contributed by atoms with E-state index in [-0.39, 0.29) is 13.2 Å². The highest BCUT2D eigenvalue weighted by molar-refractivity contribution is 5.89. The van der Waals surface area contributed by atoms with Crippen LogP contribution in [0.1, 0.15) is 41.3 Å². The van der Waals surface area contributed by atoms with Crippen molar-refractivity contribution >= 4 is 11.9 Å². The molecular formula is C20H22O5. The van der Waals surface area contributed by atoms with Crippen LogP contribution in [0.2, 0.25) is 0 Å². The average Bonchev–Trinajstić information content (AvgIpc) is 2.64. The number of methoxy groups -OCH3 is 1. The Morgan fingerprint density at radius 1 is 0.960 bits per heavy atom. The van der Waals surface area contributed by atoms with Crippen molar-refractivity contribution in [1.29, 1.82) is 0 Å². The monoisotopic (exact) mass is 342 g/mol. The van der Waals surface area contributed by atoms with Gasteiger partial charge in [-0.15, -0.1) is 0 Å². The number of hydrogen-bond acceptors (Lipinski definition) is 5. The zero-order valence-electron chi connectivity index (χ0n) is 14.7. The maximum absolute atomic E-state index is 11.8. The second kappa shape index (κ2) is 8.87. The molecule has 0 unspecified atom stereocenters. The molecular weight excluding hydrogens is 320 g/mol. The first kappa shape index (κ1) is 18.5. The van der Waals surface area contributed by atoms with E-state index in [0.29, 0.717) is 17.2 Å². The molecule has 0 radical (unpaired) electrons. The van der Waals surface area contributed by atoms with E-state index in [1.807, 2.05) is 24.3 Å². The van der Waals surface area contributed by atoms with E-state index < -0.39 is 11.9 Å². The van der Waals surface area contributed by atoms with Gasteiger partial charge in [0.1, 0.15) is 12.4 Å². The summed E-state index contributed by atoms with van der Waals surface area (Å²) in [6.45, 7) is 4.20. The molecule has 0 amide bonds. The Balaban J connectivity index is 1.77. The number of ether oxygens (including phenoxy) is 3. The fourth-order valence-electron chi connectivity index (χ4n) is 2.15. The molecule has 0 N–H and O–H groups in total. The quantitative estimate of drug-likeness (QED) is 0.718. The minimum atomic E-state index is -0.454. The van der Waals surface area contributed by atoms with Crippen LogP contribution in [0.3, 0.4) is 0 Å². The summed E-state index contributed by atoms with van der Waals surface area (Å²) in [4.78, 5) is 23.1. The Hall–Kier alpha value is -2.82. The highest BCUT2D eigenvalue weighted by Crippen LogP contribution is 2.18. The Morgan fingerprint density at radius 3 is 2.16 bits per heavy atom. The van der Waals surface area contributed by atoms with Gasteiger partial charge in [0.15, 0.2) is 6.61 Å². The van der Waals surface area contributed by atoms with Crippen molar-refractivity contribution in [2.24, 2.45) is 0 Å². The maximum atomic E-state index is 11.8. The lowest BCUT2D eigenvalue weighted by Crippen LogP contribution is -2.14. The maximum Gasteiger partial charge on any atom is 0.344 e. The number of hydrogen-bond donors (Lipinski definition) is 0. The molecule has 2 aromatic carbocycles. The molecule has 0 aliphatic carbocycles. The molecule has 0 heterocycles. The minimum absolute atomic E-state index is 0.121. The van der Waals surface area contributed by atoms with Crippen LogP contribution in [0.4, 0.5) is 0 Å². The van der Waals surface area contributed by atoms with Gasteiger partial charge >= 0.3 is 11.9 Å². The fourth-order valence-corrected chi connectivity index (χ4v) is 2.15. The molecule has 0 aromatic heterocycles. The summed E-state index contributed by atoms with van der Waals surface area (Å²) in [7, 11) is 1.33. The van der Waals surface area contributed by atoms with Crippen LogP contribution in [0, 0.1) is 0 Å². The van der Waals surface area contributed by atoms with E-state index >= 15 is 0 Å². The average molecular weight is 342 g/mol. The van der Waals surface area contributed by atoms with E-state index in [2.05, 4.69) is 18.6 Å². The van der Waals surface area contributed by atoms with Gasteiger partial charge in [0.2, 0.25) is 0 Å². The van der Waals surface area contributed by atoms with Gasteiger partial charge in [0.05, 0.1) is 12.7 Å². The van der Waals surface area contributed by atoms with Crippen LogP contribution in [-0.4, -0.2) is 25.7 Å². The zero-order chi connectivity index (χ0) is 18.2. The largest absolute Gasteiger partial charge is 0.482 e. The molecule has 0 spiro atoms. The molecule has 132 valence electrons. The summed E-state index contributed by atoms with van der Waals surface area (Å²) >= 11 is 0. The van der Waals surface area contributed by atoms with Gasteiger partial charge in [-0.1, -0.05) is 38.1 Å². The van der Waals surface area contributed by atoms with Crippen molar-refractivity contribution in [2.75, 3.05) is 13.7 Å². The molecule has 0 fully saturated rings. The molecule has 2 rings (SSSR count). The second-order valence-corrected chi connectivity index (χ2v) is 5.86. The summed E-state index contributed by atoms with van der Waals surface area (Å²) in [5, 5.41) is 0. The van der Waals surface area contributed by atoms with Gasteiger partial charge in [0.25, 0.3) is 0 Å². The SMILES string of the molecule is COC(=O)c1ccc(COC(=O)COc2ccc(C(C)C)cc2)cc1. The van der Waals surface area contributed by atoms with E-state index in [1.54, 1.807) is 24.3 Å². The van der Waals surface area contributed by atoms with Crippen molar-refractivity contribution in [1.82, 2.24) is 0 Å². The van der Waals surface area contributed by atoms with Gasteiger partial charge in [-0.2, -0.15) is 0 Å². The van der Waals surface area contributed by atoms with Gasteiger partial charge in [-0.25, -0.2) is 9.59 Å². The van der Waals surface area contributed by atoms with Crippen molar-refractivity contribution in [3.05, 3.63) is 65.2 Å². The number of benzene rings is 2. The van der Waals surface area contributed by atoms with Crippen LogP contribution >= 0.6 is 0 Å². The summed E-state index contributed by atoms with van der Waals surface area (Å²) < 4.78 is 15.2. The van der Waals surface area contributed by atoms with E-state index in [9.17, 15) is 9.59 Å². The second-order valence-electron chi connectivity index (χ2n) is 5.86. The van der Waals surface area contributed by atoms with Gasteiger partial charge < -0.3 is 14.2 Å². The van der Waals surface area contributed by atoms with Gasteiger partial charge in [-0.3, -0.25) is 0 Å². The molecule has 0 bridgehead atoms. The Labute approximate surface area is 147 Å². The normalized spacial score (nSPS) is 10.4. The molecule has 0 aliphatic rings. The van der Waals surface area contributed by atoms with Crippen molar-refractivity contribution in [3.63, 3.8) is 0 Å². The first-order chi connectivity index (χ1) is 12.0. The summed E-state index contributed by atoms with van der Waals surface area (Å²) in [6.07, 6.45) is 0. The third kappa shape index (κ3) is 5.64. The number of carbonyl (C=O) groups is 2. The lowest BCUT2D eigenvalue weighted by Gasteiger charge is -2.09. The van der Waals surface area contributed by atoms with E-state index in [1.165, 1.54) is 12.7 Å². The standard InChI is InChI=1S/C20H22O5/c1-14(2)16-8-10-18(11-9-16)24-13-19(21)25-12-15-4-6-17(7-5-15)20(22)23-3/h4-11,14H,12-13H2,1-3H3. The lowest BCUT2D eigenvalue weighted by atomic mass is 10.0. The first-order valence-corrected chi connectivity index (χ1v) is 8.05. The Morgan fingerprint density at radius 2 is 1.60 bits per heavy atom. The number of esters is 2. The molecule has 25 heavy (non-hydrogen) atoms. The molecule has 5 nitrogen and oxygen atoms in total. The highest BCUT2D eigenvalue weighted by atomic mass is 16.6. The van der Waals surface area contributed by atoms with Gasteiger partial charge in [-0.05, 0) is 41.3 Å². The predicted octanol–water partition coefficient (Wildman–Crippen LogP) is 3.72. The molecule has 0 atom stereocenters. The summed E-state index contributed by atoms with van der Waals surface area (Å²) in [5.41, 5.74) is 2.44. The zero-order valence-corrected chi connectivity index (χ0v) is 14.7. The predicted molar refractivity (Wildman–Crippen MR) is 93.6 cm³/mol. The van der Waals surface area contributed by atoms with Crippen molar-refractivity contribution in [2.45, 2.75) is 26.4 Å². The number of rotatable bonds is 7. The topological polar surface area (TPSA) is 61.8 Å². The Kier molecular flexibility index (Phi) is 6.57. The minimum Gasteiger partial charge on any atom is -0.482 e. The van der Waals surface area contributed by atoms with Crippen molar-refractivity contribution in [3.8, 4) is 5.75 Å². The third-order valence-corrected chi connectivity index (χ3v) is 3.68. The fraction of sp³-hybridized carbons (Fsp3) is 0.300. The van der Waals surface area contributed by atoms with Crippen LogP contribution in [0.5, 0.6) is 5.75 Å². The van der Waals surface area contributed by atoms with Crippen LogP contribution in [-0.2, 0) is 20.9 Å². The highest BCUT2D eigenvalue weighted by Gasteiger charge is 2.08. The summed E-state index contributed by atoms with van der Waals surface area (Å²) in [6, 6.07) is 14.3. The Bertz CT molecular complexity index is 702. The van der Waals surface area contributed by atoms with Gasteiger partial charge in [0, 0.05) is 0 Å². The molecule has 5 heteroatoms. The molecule has 2 aromatic rings. The first-order valence-electron chi connectivity index (χ1n) is 8.05.